The van der Waals surface area contributed by atoms with Crippen LogP contribution in [-0.4, -0.2) is 23.4 Å². The summed E-state index contributed by atoms with van der Waals surface area (Å²) in [6.45, 7) is 2.98. The Balaban J connectivity index is 1.86. The molecule has 1 aromatic heterocycles. The van der Waals surface area contributed by atoms with Gasteiger partial charge in [0.05, 0.1) is 0 Å². The van der Waals surface area contributed by atoms with Gasteiger partial charge >= 0.3 is 0 Å². The molecule has 3 heteroatoms. The van der Waals surface area contributed by atoms with Crippen LogP contribution in [-0.2, 0) is 0 Å². The van der Waals surface area contributed by atoms with E-state index in [9.17, 15) is 4.79 Å². The van der Waals surface area contributed by atoms with E-state index in [0.29, 0.717) is 12.0 Å². The van der Waals surface area contributed by atoms with Crippen LogP contribution in [0.25, 0.3) is 0 Å². The number of carbonyl (C=O) groups is 1. The second kappa shape index (κ2) is 3.14. The molecular weight excluding hydrogens is 188 g/mol. The summed E-state index contributed by atoms with van der Waals surface area (Å²) in [5.41, 5.74) is 1.83. The summed E-state index contributed by atoms with van der Waals surface area (Å²) in [6.07, 6.45) is 4.65. The maximum absolute atomic E-state index is 12.2. The number of pyridine rings is 1. The Hall–Kier alpha value is -1.22. The molecule has 78 valence electrons. The van der Waals surface area contributed by atoms with Crippen LogP contribution < -0.4 is 5.32 Å². The Morgan fingerprint density at radius 2 is 2.40 bits per heavy atom. The first-order valence-corrected chi connectivity index (χ1v) is 5.45. The first kappa shape index (κ1) is 9.04. The molecule has 3 nitrogen and oxygen atoms in total. The molecule has 3 unspecified atom stereocenters. The van der Waals surface area contributed by atoms with Crippen molar-refractivity contribution in [2.24, 2.45) is 11.8 Å². The molecule has 15 heavy (non-hydrogen) atoms. The van der Waals surface area contributed by atoms with E-state index in [2.05, 4.69) is 10.3 Å². The zero-order valence-corrected chi connectivity index (χ0v) is 8.73. The van der Waals surface area contributed by atoms with E-state index < -0.39 is 0 Å². The number of hydrogen-bond acceptors (Lipinski definition) is 3. The van der Waals surface area contributed by atoms with Crippen molar-refractivity contribution in [2.75, 3.05) is 6.54 Å². The van der Waals surface area contributed by atoms with E-state index in [4.69, 9.17) is 0 Å². The summed E-state index contributed by atoms with van der Waals surface area (Å²) in [5, 5.41) is 3.37. The fraction of sp³-hybridized carbons (Fsp3) is 0.500. The van der Waals surface area contributed by atoms with Crippen molar-refractivity contribution >= 4 is 5.78 Å². The second-order valence-electron chi connectivity index (χ2n) is 4.65. The van der Waals surface area contributed by atoms with Gasteiger partial charge in [0.15, 0.2) is 5.78 Å². The van der Waals surface area contributed by atoms with E-state index in [1.807, 2.05) is 13.0 Å². The predicted molar refractivity (Wildman–Crippen MR) is 56.7 cm³/mol. The third-order valence-electron chi connectivity index (χ3n) is 3.60. The molecule has 1 N–H and O–H groups in total. The van der Waals surface area contributed by atoms with Gasteiger partial charge in [-0.3, -0.25) is 9.78 Å². The van der Waals surface area contributed by atoms with Crippen LogP contribution in [0.2, 0.25) is 0 Å². The lowest BCUT2D eigenvalue weighted by molar-refractivity contribution is 0.0784. The van der Waals surface area contributed by atoms with Gasteiger partial charge in [0.2, 0.25) is 0 Å². The van der Waals surface area contributed by atoms with Gasteiger partial charge in [-0.05, 0) is 37.4 Å². The summed E-state index contributed by atoms with van der Waals surface area (Å²) in [7, 11) is 0. The Labute approximate surface area is 88.9 Å². The minimum absolute atomic E-state index is 0.216. The molecule has 0 spiro atoms. The first-order valence-electron chi connectivity index (χ1n) is 5.45. The maximum atomic E-state index is 12.2. The quantitative estimate of drug-likeness (QED) is 0.732. The molecule has 4 rings (SSSR count). The van der Waals surface area contributed by atoms with Crippen molar-refractivity contribution in [1.29, 1.82) is 0 Å². The lowest BCUT2D eigenvalue weighted by Crippen LogP contribution is -2.42. The van der Waals surface area contributed by atoms with Crippen LogP contribution in [0.4, 0.5) is 0 Å². The second-order valence-corrected chi connectivity index (χ2v) is 4.65. The maximum Gasteiger partial charge on any atom is 0.169 e. The standard InChI is InChI=1S/C12H14N2O/c1-7-2-9(5-13-4-7)12(15)11-8-3-10(11)14-6-8/h2,4-5,8,10-11,14H,3,6H2,1H3. The highest BCUT2D eigenvalue weighted by Crippen LogP contribution is 2.41. The predicted octanol–water partition coefficient (Wildman–Crippen LogP) is 1.18. The largest absolute Gasteiger partial charge is 0.313 e. The van der Waals surface area contributed by atoms with Gasteiger partial charge in [-0.2, -0.15) is 0 Å². The fourth-order valence-corrected chi connectivity index (χ4v) is 2.75. The third kappa shape index (κ3) is 1.30. The van der Waals surface area contributed by atoms with Crippen molar-refractivity contribution in [3.05, 3.63) is 29.6 Å². The van der Waals surface area contributed by atoms with Crippen molar-refractivity contribution < 1.29 is 4.79 Å². The molecule has 2 bridgehead atoms. The zero-order chi connectivity index (χ0) is 10.4. The Bertz CT molecular complexity index is 402. The molecule has 1 aromatic rings. The number of rotatable bonds is 2. The first-order chi connectivity index (χ1) is 7.25. The average molecular weight is 202 g/mol. The molecule has 0 amide bonds. The monoisotopic (exact) mass is 202 g/mol. The van der Waals surface area contributed by atoms with Crippen LogP contribution >= 0.6 is 0 Å². The number of ketones is 1. The highest BCUT2D eigenvalue weighted by Gasteiger charge is 2.50. The molecule has 3 aliphatic rings. The third-order valence-corrected chi connectivity index (χ3v) is 3.60. The average Bonchev–Trinajstić information content (AvgIpc) is 2.79. The molecule has 0 radical (unpaired) electrons. The van der Waals surface area contributed by atoms with E-state index >= 15 is 0 Å². The van der Waals surface area contributed by atoms with Gasteiger partial charge < -0.3 is 5.32 Å². The van der Waals surface area contributed by atoms with Crippen LogP contribution in [0, 0.1) is 18.8 Å². The molecule has 1 saturated carbocycles. The van der Waals surface area contributed by atoms with Crippen molar-refractivity contribution in [3.63, 3.8) is 0 Å². The molecule has 0 aromatic carbocycles. The van der Waals surface area contributed by atoms with Gasteiger partial charge in [0.1, 0.15) is 0 Å². The van der Waals surface area contributed by atoms with Crippen molar-refractivity contribution in [3.8, 4) is 0 Å². The number of fused-ring (bicyclic) bond motifs is 1. The lowest BCUT2D eigenvalue weighted by atomic mass is 9.70. The van der Waals surface area contributed by atoms with Crippen LogP contribution in [0.3, 0.4) is 0 Å². The van der Waals surface area contributed by atoms with Gasteiger partial charge in [0.25, 0.3) is 0 Å². The van der Waals surface area contributed by atoms with Crippen LogP contribution in [0.15, 0.2) is 18.5 Å². The Morgan fingerprint density at radius 3 is 3.00 bits per heavy atom. The van der Waals surface area contributed by atoms with E-state index in [1.54, 1.807) is 12.4 Å². The van der Waals surface area contributed by atoms with Gasteiger partial charge in [0, 0.05) is 29.9 Å². The van der Waals surface area contributed by atoms with Crippen molar-refractivity contribution in [2.45, 2.75) is 19.4 Å². The number of nitrogens with one attached hydrogen (secondary N) is 1. The normalized spacial score (nSPS) is 32.5. The van der Waals surface area contributed by atoms with E-state index in [-0.39, 0.29) is 11.7 Å². The van der Waals surface area contributed by atoms with Gasteiger partial charge in [-0.15, -0.1) is 0 Å². The SMILES string of the molecule is Cc1cncc(C(=O)C2C3CNC2C3)c1. The van der Waals surface area contributed by atoms with Crippen LogP contribution in [0.5, 0.6) is 0 Å². The Morgan fingerprint density at radius 1 is 1.53 bits per heavy atom. The van der Waals surface area contributed by atoms with E-state index in [1.165, 1.54) is 6.42 Å². The van der Waals surface area contributed by atoms with E-state index in [0.717, 1.165) is 17.7 Å². The number of Topliss-reactive ketones (excluding diaryl/α,β-unsaturated/α-hetero) is 1. The summed E-state index contributed by atoms with van der Waals surface area (Å²) in [4.78, 5) is 16.2. The minimum Gasteiger partial charge on any atom is -0.313 e. The molecule has 3 atom stereocenters. The fourth-order valence-electron chi connectivity index (χ4n) is 2.75. The summed E-state index contributed by atoms with van der Waals surface area (Å²) >= 11 is 0. The highest BCUT2D eigenvalue weighted by atomic mass is 16.1. The zero-order valence-electron chi connectivity index (χ0n) is 8.73. The topological polar surface area (TPSA) is 42.0 Å². The number of aromatic nitrogens is 1. The Kier molecular flexibility index (Phi) is 1.89. The molecule has 2 saturated heterocycles. The van der Waals surface area contributed by atoms with Crippen molar-refractivity contribution in [1.82, 2.24) is 10.3 Å². The van der Waals surface area contributed by atoms with Gasteiger partial charge in [-0.1, -0.05) is 0 Å². The summed E-state index contributed by atoms with van der Waals surface area (Å²) in [6, 6.07) is 2.37. The van der Waals surface area contributed by atoms with Gasteiger partial charge in [-0.25, -0.2) is 0 Å². The number of nitrogens with zero attached hydrogens (tertiary/aromatic N) is 1. The molecule has 3 fully saturated rings. The molecule has 1 aliphatic carbocycles. The number of hydrogen-bond donors (Lipinski definition) is 1. The summed E-state index contributed by atoms with van der Waals surface area (Å²) < 4.78 is 0. The van der Waals surface area contributed by atoms with Crippen LogP contribution in [0.1, 0.15) is 22.3 Å². The minimum atomic E-state index is 0.216. The highest BCUT2D eigenvalue weighted by molar-refractivity contribution is 5.99. The molecule has 2 aliphatic heterocycles. The molecular formula is C12H14N2O. The number of carbonyl (C=O) groups excluding carboxylic acids is 1. The number of aryl methyl sites for hydroxylation is 1. The lowest BCUT2D eigenvalue weighted by Gasteiger charge is -2.33. The summed E-state index contributed by atoms with van der Waals surface area (Å²) in [5.74, 6) is 1.06. The smallest absolute Gasteiger partial charge is 0.169 e. The molecule has 3 heterocycles.